The molecule has 0 aromatic carbocycles. The zero-order chi connectivity index (χ0) is 11.9. The molecule has 0 aliphatic heterocycles. The van der Waals surface area contributed by atoms with Gasteiger partial charge in [0.25, 0.3) is 0 Å². The van der Waals surface area contributed by atoms with Crippen LogP contribution < -0.4 is 0 Å². The smallest absolute Gasteiger partial charge is 0.314 e. The van der Waals surface area contributed by atoms with Gasteiger partial charge in [-0.3, -0.25) is 4.79 Å². The Morgan fingerprint density at radius 2 is 2.12 bits per heavy atom. The quantitative estimate of drug-likeness (QED) is 0.813. The van der Waals surface area contributed by atoms with E-state index in [0.717, 1.165) is 18.4 Å². The van der Waals surface area contributed by atoms with E-state index in [-0.39, 0.29) is 0 Å². The Kier molecular flexibility index (Phi) is 2.10. The van der Waals surface area contributed by atoms with E-state index < -0.39 is 11.4 Å². The van der Waals surface area contributed by atoms with Gasteiger partial charge in [-0.05, 0) is 24.5 Å². The minimum Gasteiger partial charge on any atom is -0.481 e. The van der Waals surface area contributed by atoms with Crippen LogP contribution in [0.5, 0.6) is 0 Å². The number of hydrogen-bond acceptors (Lipinski definition) is 4. The first-order valence-electron chi connectivity index (χ1n) is 5.63. The summed E-state index contributed by atoms with van der Waals surface area (Å²) >= 11 is 0. The van der Waals surface area contributed by atoms with Crippen molar-refractivity contribution in [3.05, 3.63) is 17.8 Å². The second kappa shape index (κ2) is 3.51. The lowest BCUT2D eigenvalue weighted by Gasteiger charge is -2.23. The number of carboxylic acid groups (broad SMARTS) is 1. The van der Waals surface area contributed by atoms with Crippen LogP contribution in [0.15, 0.2) is 12.3 Å². The highest BCUT2D eigenvalue weighted by molar-refractivity contribution is 5.83. The van der Waals surface area contributed by atoms with Gasteiger partial charge >= 0.3 is 5.97 Å². The third-order valence-electron chi connectivity index (χ3n) is 3.59. The lowest BCUT2D eigenvalue weighted by atomic mass is 9.80. The molecule has 1 saturated carbocycles. The maximum atomic E-state index is 11.5. The Bertz CT molecular complexity index is 572. The number of pyridine rings is 1. The van der Waals surface area contributed by atoms with Gasteiger partial charge in [0.2, 0.25) is 5.65 Å². The molecule has 17 heavy (non-hydrogen) atoms. The number of aromatic nitrogens is 4. The highest BCUT2D eigenvalue weighted by Gasteiger charge is 2.43. The van der Waals surface area contributed by atoms with E-state index >= 15 is 0 Å². The summed E-state index contributed by atoms with van der Waals surface area (Å²) in [6.07, 6.45) is 4.86. The van der Waals surface area contributed by atoms with Crippen molar-refractivity contribution < 1.29 is 9.90 Å². The molecule has 2 heterocycles. The number of nitrogens with one attached hydrogen (secondary N) is 1. The number of aromatic amines is 1. The maximum absolute atomic E-state index is 11.5. The van der Waals surface area contributed by atoms with Gasteiger partial charge in [0.1, 0.15) is 5.52 Å². The fourth-order valence-corrected chi connectivity index (χ4v) is 2.61. The second-order valence-corrected chi connectivity index (χ2v) is 4.48. The third kappa shape index (κ3) is 1.40. The SMILES string of the molecule is O=C(O)C1(c2cnc3n[nH]nc3c2)CCCC1. The predicted octanol–water partition coefficient (Wildman–Crippen LogP) is 1.25. The van der Waals surface area contributed by atoms with E-state index in [9.17, 15) is 9.90 Å². The molecule has 0 saturated heterocycles. The number of H-pyrrole nitrogens is 1. The molecule has 2 aromatic heterocycles. The number of aliphatic carboxylic acids is 1. The van der Waals surface area contributed by atoms with E-state index in [2.05, 4.69) is 20.4 Å². The van der Waals surface area contributed by atoms with Gasteiger partial charge in [-0.15, -0.1) is 5.10 Å². The van der Waals surface area contributed by atoms with Gasteiger partial charge in [0.05, 0.1) is 5.41 Å². The number of fused-ring (bicyclic) bond motifs is 1. The van der Waals surface area contributed by atoms with Crippen molar-refractivity contribution in [3.63, 3.8) is 0 Å². The fourth-order valence-electron chi connectivity index (χ4n) is 2.61. The van der Waals surface area contributed by atoms with Crippen molar-refractivity contribution in [1.29, 1.82) is 0 Å². The molecule has 0 amide bonds. The zero-order valence-corrected chi connectivity index (χ0v) is 9.18. The van der Waals surface area contributed by atoms with Crippen LogP contribution in [0.2, 0.25) is 0 Å². The summed E-state index contributed by atoms with van der Waals surface area (Å²) in [7, 11) is 0. The van der Waals surface area contributed by atoms with Gasteiger partial charge in [0.15, 0.2) is 0 Å². The Balaban J connectivity index is 2.14. The molecule has 1 aliphatic carbocycles. The minimum atomic E-state index is -0.778. The van der Waals surface area contributed by atoms with Gasteiger partial charge in [-0.2, -0.15) is 10.3 Å². The number of rotatable bonds is 2. The maximum Gasteiger partial charge on any atom is 0.314 e. The summed E-state index contributed by atoms with van der Waals surface area (Å²) in [5.74, 6) is -0.764. The third-order valence-corrected chi connectivity index (χ3v) is 3.59. The first kappa shape index (κ1) is 10.2. The molecule has 1 aliphatic rings. The summed E-state index contributed by atoms with van der Waals surface area (Å²) in [5, 5.41) is 19.8. The molecule has 0 unspecified atom stereocenters. The van der Waals surface area contributed by atoms with Crippen LogP contribution in [-0.4, -0.2) is 31.5 Å². The topological polar surface area (TPSA) is 91.8 Å². The summed E-state index contributed by atoms with van der Waals surface area (Å²) in [6.45, 7) is 0. The van der Waals surface area contributed by atoms with E-state index in [4.69, 9.17) is 0 Å². The fraction of sp³-hybridized carbons (Fsp3) is 0.455. The molecule has 2 aromatic rings. The van der Waals surface area contributed by atoms with Crippen LogP contribution in [0.25, 0.3) is 11.2 Å². The van der Waals surface area contributed by atoms with Gasteiger partial charge in [-0.25, -0.2) is 4.98 Å². The molecule has 0 atom stereocenters. The number of nitrogens with zero attached hydrogens (tertiary/aromatic N) is 3. The van der Waals surface area contributed by atoms with E-state index in [0.29, 0.717) is 24.0 Å². The lowest BCUT2D eigenvalue weighted by molar-refractivity contribution is -0.143. The number of carboxylic acids is 1. The summed E-state index contributed by atoms with van der Waals surface area (Å²) in [5.41, 5.74) is 1.10. The summed E-state index contributed by atoms with van der Waals surface area (Å²) < 4.78 is 0. The Hall–Kier alpha value is -1.98. The van der Waals surface area contributed by atoms with E-state index in [1.807, 2.05) is 0 Å². The van der Waals surface area contributed by atoms with Crippen LogP contribution in [0.3, 0.4) is 0 Å². The monoisotopic (exact) mass is 232 g/mol. The van der Waals surface area contributed by atoms with Crippen LogP contribution in [-0.2, 0) is 10.2 Å². The van der Waals surface area contributed by atoms with Gasteiger partial charge in [0, 0.05) is 6.20 Å². The highest BCUT2D eigenvalue weighted by Crippen LogP contribution is 2.41. The van der Waals surface area contributed by atoms with Crippen molar-refractivity contribution in [3.8, 4) is 0 Å². The average Bonchev–Trinajstić information content (AvgIpc) is 2.97. The molecule has 3 rings (SSSR count). The molecule has 0 radical (unpaired) electrons. The molecule has 0 bridgehead atoms. The molecule has 1 fully saturated rings. The molecule has 6 nitrogen and oxygen atoms in total. The molecule has 88 valence electrons. The summed E-state index contributed by atoms with van der Waals surface area (Å²) in [4.78, 5) is 15.7. The Labute approximate surface area is 97.1 Å². The van der Waals surface area contributed by atoms with Crippen molar-refractivity contribution in [2.45, 2.75) is 31.1 Å². The number of hydrogen-bond donors (Lipinski definition) is 2. The standard InChI is InChI=1S/C11H12N4O2/c16-10(17)11(3-1-2-4-11)7-5-8-9(12-6-7)14-15-13-8/h5-6H,1-4H2,(H,16,17)(H,12,13,14,15). The van der Waals surface area contributed by atoms with Crippen LogP contribution in [0.1, 0.15) is 31.2 Å². The predicted molar refractivity (Wildman–Crippen MR) is 59.5 cm³/mol. The summed E-state index contributed by atoms with van der Waals surface area (Å²) in [6, 6.07) is 1.78. The second-order valence-electron chi connectivity index (χ2n) is 4.48. The largest absolute Gasteiger partial charge is 0.481 e. The Morgan fingerprint density at radius 1 is 1.35 bits per heavy atom. The molecule has 0 spiro atoms. The first-order chi connectivity index (χ1) is 8.22. The normalized spacial score (nSPS) is 18.6. The van der Waals surface area contributed by atoms with Gasteiger partial charge in [-0.1, -0.05) is 12.8 Å². The highest BCUT2D eigenvalue weighted by atomic mass is 16.4. The van der Waals surface area contributed by atoms with Crippen LogP contribution >= 0.6 is 0 Å². The van der Waals surface area contributed by atoms with Crippen molar-refractivity contribution in [1.82, 2.24) is 20.4 Å². The first-order valence-corrected chi connectivity index (χ1v) is 5.63. The van der Waals surface area contributed by atoms with Crippen molar-refractivity contribution >= 4 is 17.1 Å². The van der Waals surface area contributed by atoms with Crippen molar-refractivity contribution in [2.24, 2.45) is 0 Å². The van der Waals surface area contributed by atoms with Crippen LogP contribution in [0.4, 0.5) is 0 Å². The van der Waals surface area contributed by atoms with Crippen LogP contribution in [0, 0.1) is 0 Å². The van der Waals surface area contributed by atoms with E-state index in [1.165, 1.54) is 0 Å². The minimum absolute atomic E-state index is 0.521. The van der Waals surface area contributed by atoms with Gasteiger partial charge < -0.3 is 5.11 Å². The van der Waals surface area contributed by atoms with E-state index in [1.54, 1.807) is 12.3 Å². The average molecular weight is 232 g/mol. The molecular weight excluding hydrogens is 220 g/mol. The molecular formula is C11H12N4O2. The Morgan fingerprint density at radius 3 is 2.82 bits per heavy atom. The lowest BCUT2D eigenvalue weighted by Crippen LogP contribution is -2.32. The zero-order valence-electron chi connectivity index (χ0n) is 9.18. The molecule has 2 N–H and O–H groups in total. The van der Waals surface area contributed by atoms with Crippen molar-refractivity contribution in [2.75, 3.05) is 0 Å². The molecule has 6 heteroatoms. The number of carbonyl (C=O) groups is 1.